The summed E-state index contributed by atoms with van der Waals surface area (Å²) in [5, 5.41) is 1.90. The van der Waals surface area contributed by atoms with Crippen molar-refractivity contribution < 1.29 is 36.3 Å². The van der Waals surface area contributed by atoms with Gasteiger partial charge in [-0.05, 0) is 18.2 Å². The Hall–Kier alpha value is -3.44. The SMILES string of the molecule is Nc1c2c(cc(=O)n1-c1cc(C(F)(F)F)ccc1OCC(F)F)C(=O)NC2=O. The number of nitrogens with zero attached hydrogens (tertiary/aromatic N) is 1. The minimum absolute atomic E-state index is 0.342. The van der Waals surface area contributed by atoms with Gasteiger partial charge in [0.1, 0.15) is 18.2 Å². The lowest BCUT2D eigenvalue weighted by Gasteiger charge is -2.18. The maximum absolute atomic E-state index is 13.1. The number of nitrogen functional groups attached to an aromatic ring is 1. The van der Waals surface area contributed by atoms with Gasteiger partial charge >= 0.3 is 6.18 Å². The molecule has 1 aromatic heterocycles. The first-order valence-electron chi connectivity index (χ1n) is 7.54. The van der Waals surface area contributed by atoms with Gasteiger partial charge in [-0.2, -0.15) is 13.2 Å². The van der Waals surface area contributed by atoms with Crippen LogP contribution >= 0.6 is 0 Å². The van der Waals surface area contributed by atoms with E-state index in [-0.39, 0.29) is 5.56 Å². The number of imide groups is 1. The largest absolute Gasteiger partial charge is 0.485 e. The summed E-state index contributed by atoms with van der Waals surface area (Å²) in [6, 6.07) is 2.52. The molecule has 0 spiro atoms. The first-order chi connectivity index (χ1) is 13.0. The predicted molar refractivity (Wildman–Crippen MR) is 84.7 cm³/mol. The second-order valence-corrected chi connectivity index (χ2v) is 5.66. The molecule has 0 aliphatic carbocycles. The van der Waals surface area contributed by atoms with Gasteiger partial charge in [0.25, 0.3) is 23.8 Å². The molecule has 0 bridgehead atoms. The number of halogens is 5. The van der Waals surface area contributed by atoms with Crippen LogP contribution in [0.1, 0.15) is 26.3 Å². The molecule has 1 aromatic carbocycles. The van der Waals surface area contributed by atoms with Crippen LogP contribution in [0.5, 0.6) is 5.75 Å². The maximum atomic E-state index is 13.1. The van der Waals surface area contributed by atoms with E-state index in [0.717, 1.165) is 6.07 Å². The monoisotopic (exact) mass is 403 g/mol. The zero-order chi connectivity index (χ0) is 20.8. The molecule has 0 atom stereocenters. The molecular formula is C16H10F5N3O4. The quantitative estimate of drug-likeness (QED) is 0.600. The third-order valence-electron chi connectivity index (χ3n) is 3.85. The highest BCUT2D eigenvalue weighted by Gasteiger charge is 2.34. The van der Waals surface area contributed by atoms with E-state index >= 15 is 0 Å². The second kappa shape index (κ2) is 6.62. The molecular weight excluding hydrogens is 393 g/mol. The van der Waals surface area contributed by atoms with Crippen LogP contribution in [0, 0.1) is 0 Å². The van der Waals surface area contributed by atoms with E-state index in [2.05, 4.69) is 0 Å². The van der Waals surface area contributed by atoms with Crippen molar-refractivity contribution in [3.8, 4) is 11.4 Å². The standard InChI is InChI=1S/C16H10F5N3O4/c17-10(18)5-28-9-2-1-6(16(19,20)21)3-8(9)24-11(25)4-7-12(13(24)22)15(27)23-14(7)26/h1-4,10H,5,22H2,(H,23,26,27). The second-order valence-electron chi connectivity index (χ2n) is 5.66. The van der Waals surface area contributed by atoms with Gasteiger partial charge in [0.15, 0.2) is 0 Å². The fourth-order valence-corrected chi connectivity index (χ4v) is 2.67. The van der Waals surface area contributed by atoms with Gasteiger partial charge in [0.05, 0.1) is 22.4 Å². The van der Waals surface area contributed by atoms with Crippen molar-refractivity contribution in [1.82, 2.24) is 9.88 Å². The van der Waals surface area contributed by atoms with Crippen LogP contribution in [0.3, 0.4) is 0 Å². The third-order valence-corrected chi connectivity index (χ3v) is 3.85. The number of nitrogens with two attached hydrogens (primary N) is 1. The number of hydrogen-bond donors (Lipinski definition) is 2. The number of rotatable bonds is 4. The summed E-state index contributed by atoms with van der Waals surface area (Å²) >= 11 is 0. The number of carbonyl (C=O) groups excluding carboxylic acids is 2. The molecule has 12 heteroatoms. The fourth-order valence-electron chi connectivity index (χ4n) is 2.67. The molecule has 1 aliphatic rings. The summed E-state index contributed by atoms with van der Waals surface area (Å²) in [6.45, 7) is -1.16. The van der Waals surface area contributed by atoms with E-state index in [1.807, 2.05) is 5.32 Å². The molecule has 3 rings (SSSR count). The zero-order valence-electron chi connectivity index (χ0n) is 13.6. The lowest BCUT2D eigenvalue weighted by molar-refractivity contribution is -0.137. The van der Waals surface area contributed by atoms with E-state index in [0.29, 0.717) is 22.8 Å². The number of fused-ring (bicyclic) bond motifs is 1. The first kappa shape index (κ1) is 19.3. The van der Waals surface area contributed by atoms with E-state index < -0.39 is 65.0 Å². The molecule has 148 valence electrons. The lowest BCUT2D eigenvalue weighted by Crippen LogP contribution is -2.25. The number of carbonyl (C=O) groups is 2. The molecule has 1 aliphatic heterocycles. The van der Waals surface area contributed by atoms with Gasteiger partial charge in [0, 0.05) is 6.07 Å². The highest BCUT2D eigenvalue weighted by atomic mass is 19.4. The molecule has 2 heterocycles. The molecule has 2 amide bonds. The van der Waals surface area contributed by atoms with Gasteiger partial charge in [-0.1, -0.05) is 0 Å². The number of hydrogen-bond acceptors (Lipinski definition) is 5. The van der Waals surface area contributed by atoms with E-state index in [1.54, 1.807) is 0 Å². The highest BCUT2D eigenvalue weighted by Crippen LogP contribution is 2.35. The number of alkyl halides is 5. The van der Waals surface area contributed by atoms with Gasteiger partial charge in [-0.25, -0.2) is 8.78 Å². The average Bonchev–Trinajstić information content (AvgIpc) is 2.86. The van der Waals surface area contributed by atoms with Crippen molar-refractivity contribution in [1.29, 1.82) is 0 Å². The summed E-state index contributed by atoms with van der Waals surface area (Å²) in [7, 11) is 0. The molecule has 28 heavy (non-hydrogen) atoms. The predicted octanol–water partition coefficient (Wildman–Crippen LogP) is 1.97. The van der Waals surface area contributed by atoms with Crippen LogP contribution in [0.25, 0.3) is 5.69 Å². The van der Waals surface area contributed by atoms with Crippen molar-refractivity contribution in [3.05, 3.63) is 51.3 Å². The fraction of sp³-hybridized carbons (Fsp3) is 0.188. The molecule has 0 saturated heterocycles. The van der Waals surface area contributed by atoms with Crippen LogP contribution in [0.15, 0.2) is 29.1 Å². The normalized spacial score (nSPS) is 13.6. The number of aromatic nitrogens is 1. The maximum Gasteiger partial charge on any atom is 0.416 e. The number of nitrogens with one attached hydrogen (secondary N) is 1. The molecule has 0 saturated carbocycles. The lowest BCUT2D eigenvalue weighted by atomic mass is 10.1. The number of pyridine rings is 1. The Kier molecular flexibility index (Phi) is 4.57. The van der Waals surface area contributed by atoms with Crippen LogP contribution in [0.4, 0.5) is 27.8 Å². The Morgan fingerprint density at radius 2 is 1.79 bits per heavy atom. The van der Waals surface area contributed by atoms with Crippen LogP contribution in [-0.2, 0) is 6.18 Å². The Bertz CT molecular complexity index is 1050. The Morgan fingerprint density at radius 3 is 2.39 bits per heavy atom. The summed E-state index contributed by atoms with van der Waals surface area (Å²) < 4.78 is 69.5. The van der Waals surface area contributed by atoms with Crippen molar-refractivity contribution in [2.75, 3.05) is 12.3 Å². The summed E-state index contributed by atoms with van der Waals surface area (Å²) in [5.41, 5.74) is 2.15. The Morgan fingerprint density at radius 1 is 1.11 bits per heavy atom. The van der Waals surface area contributed by atoms with Crippen LogP contribution < -0.4 is 21.3 Å². The molecule has 3 N–H and O–H groups in total. The molecule has 2 aromatic rings. The van der Waals surface area contributed by atoms with Crippen molar-refractivity contribution in [2.45, 2.75) is 12.6 Å². The molecule has 7 nitrogen and oxygen atoms in total. The first-order valence-corrected chi connectivity index (χ1v) is 7.54. The minimum atomic E-state index is -4.82. The van der Waals surface area contributed by atoms with Gasteiger partial charge in [-0.3, -0.25) is 24.3 Å². The number of anilines is 1. The van der Waals surface area contributed by atoms with Crippen LogP contribution in [0.2, 0.25) is 0 Å². The average molecular weight is 403 g/mol. The van der Waals surface area contributed by atoms with Crippen molar-refractivity contribution in [2.24, 2.45) is 0 Å². The van der Waals surface area contributed by atoms with Gasteiger partial charge in [-0.15, -0.1) is 0 Å². The van der Waals surface area contributed by atoms with E-state index in [1.165, 1.54) is 0 Å². The van der Waals surface area contributed by atoms with Crippen molar-refractivity contribution in [3.63, 3.8) is 0 Å². The third kappa shape index (κ3) is 3.28. The molecule has 0 fully saturated rings. The summed E-state index contributed by atoms with van der Waals surface area (Å²) in [6.07, 6.45) is -7.76. The number of amides is 2. The number of benzene rings is 1. The topological polar surface area (TPSA) is 103 Å². The zero-order valence-corrected chi connectivity index (χ0v) is 13.6. The van der Waals surface area contributed by atoms with Crippen LogP contribution in [-0.4, -0.2) is 29.4 Å². The summed E-state index contributed by atoms with van der Waals surface area (Å²) in [5.74, 6) is -2.97. The Labute approximate surface area is 152 Å². The highest BCUT2D eigenvalue weighted by molar-refractivity contribution is 6.23. The van der Waals surface area contributed by atoms with E-state index in [9.17, 15) is 36.3 Å². The molecule has 0 unspecified atom stereocenters. The van der Waals surface area contributed by atoms with E-state index in [4.69, 9.17) is 10.5 Å². The minimum Gasteiger partial charge on any atom is -0.485 e. The number of ether oxygens (including phenoxy) is 1. The van der Waals surface area contributed by atoms with Gasteiger partial charge < -0.3 is 10.5 Å². The summed E-state index contributed by atoms with van der Waals surface area (Å²) in [4.78, 5) is 36.0. The Balaban J connectivity index is 2.27. The van der Waals surface area contributed by atoms with Crippen molar-refractivity contribution >= 4 is 17.6 Å². The molecule has 0 radical (unpaired) electrons. The van der Waals surface area contributed by atoms with Gasteiger partial charge in [0.2, 0.25) is 0 Å². The smallest absolute Gasteiger partial charge is 0.416 e.